The lowest BCUT2D eigenvalue weighted by atomic mass is 9.96. The van der Waals surface area contributed by atoms with Crippen molar-refractivity contribution in [3.8, 4) is 11.4 Å². The minimum atomic E-state index is -0.264. The van der Waals surface area contributed by atoms with Crippen LogP contribution < -0.4 is 10.1 Å². The van der Waals surface area contributed by atoms with E-state index in [1.54, 1.807) is 13.3 Å². The number of esters is 1. The Labute approximate surface area is 199 Å². The number of benzene rings is 1. The molecule has 1 N–H and O–H groups in total. The predicted octanol–water partition coefficient (Wildman–Crippen LogP) is 4.03. The minimum Gasteiger partial charge on any atom is -0.497 e. The number of nitrogens with one attached hydrogen (secondary N) is 1. The number of ether oxygens (including phenoxy) is 2. The molecule has 7 nitrogen and oxygen atoms in total. The fraction of sp³-hybridized carbons (Fsp3) is 0.320. The Morgan fingerprint density at radius 1 is 1.15 bits per heavy atom. The molecule has 172 valence electrons. The van der Waals surface area contributed by atoms with E-state index in [1.165, 1.54) is 7.11 Å². The lowest BCUT2D eigenvalue weighted by molar-refractivity contribution is -0.140. The van der Waals surface area contributed by atoms with Crippen molar-refractivity contribution in [3.63, 3.8) is 0 Å². The zero-order chi connectivity index (χ0) is 23.5. The average molecular weight is 465 g/mol. The average Bonchev–Trinajstić information content (AvgIpc) is 3.32. The van der Waals surface area contributed by atoms with E-state index in [1.807, 2.05) is 36.4 Å². The standard InChI is InChI=1S/C25H28N4O3S/c1-16-14-20(17(2)29(16)18-8-7-9-19(15-18)31-3)24-23(21-10-5-6-12-26-21)27-25(33)28(24)13-11-22(30)32-4/h5-10,12,14-15,23-24H,11,13H2,1-4H3,(H,27,33)/t23-,24-/m1/s1. The van der Waals surface area contributed by atoms with Crippen LogP contribution in [-0.2, 0) is 9.53 Å². The van der Waals surface area contributed by atoms with Crippen molar-refractivity contribution in [2.75, 3.05) is 20.8 Å². The predicted molar refractivity (Wildman–Crippen MR) is 131 cm³/mol. The maximum Gasteiger partial charge on any atom is 0.307 e. The Kier molecular flexibility index (Phi) is 6.65. The molecule has 1 saturated heterocycles. The molecule has 1 aliphatic heterocycles. The van der Waals surface area contributed by atoms with Crippen molar-refractivity contribution < 1.29 is 14.3 Å². The van der Waals surface area contributed by atoms with Gasteiger partial charge in [-0.15, -0.1) is 0 Å². The maximum atomic E-state index is 11.9. The Morgan fingerprint density at radius 2 is 1.97 bits per heavy atom. The van der Waals surface area contributed by atoms with Crippen LogP contribution in [0.1, 0.15) is 41.1 Å². The molecule has 0 amide bonds. The lowest BCUT2D eigenvalue weighted by Crippen LogP contribution is -2.32. The molecule has 0 spiro atoms. The summed E-state index contributed by atoms with van der Waals surface area (Å²) in [6.07, 6.45) is 2.03. The monoisotopic (exact) mass is 464 g/mol. The van der Waals surface area contributed by atoms with Crippen LogP contribution in [0.3, 0.4) is 0 Å². The SMILES string of the molecule is COC(=O)CCN1C(=S)N[C@H](c2ccccn2)[C@H]1c1cc(C)n(-c2cccc(OC)c2)c1C. The second kappa shape index (κ2) is 9.62. The molecule has 2 atom stereocenters. The van der Waals surface area contributed by atoms with E-state index in [9.17, 15) is 4.79 Å². The zero-order valence-electron chi connectivity index (χ0n) is 19.2. The molecular weight excluding hydrogens is 436 g/mol. The molecule has 3 aromatic rings. The van der Waals surface area contributed by atoms with Crippen molar-refractivity contribution in [1.82, 2.24) is 19.8 Å². The molecule has 0 unspecified atom stereocenters. The molecule has 33 heavy (non-hydrogen) atoms. The van der Waals surface area contributed by atoms with Gasteiger partial charge >= 0.3 is 5.97 Å². The molecule has 0 saturated carbocycles. The normalized spacial score (nSPS) is 17.7. The van der Waals surface area contributed by atoms with E-state index in [2.05, 4.69) is 45.7 Å². The summed E-state index contributed by atoms with van der Waals surface area (Å²) in [5, 5.41) is 4.04. The molecule has 8 heteroatoms. The highest BCUT2D eigenvalue weighted by Crippen LogP contribution is 2.41. The maximum absolute atomic E-state index is 11.9. The lowest BCUT2D eigenvalue weighted by Gasteiger charge is -2.28. The summed E-state index contributed by atoms with van der Waals surface area (Å²) in [5.41, 5.74) is 5.25. The Hall–Kier alpha value is -3.39. The fourth-order valence-electron chi connectivity index (χ4n) is 4.53. The van der Waals surface area contributed by atoms with Gasteiger partial charge in [0, 0.05) is 35.9 Å². The molecule has 0 aliphatic carbocycles. The number of carbonyl (C=O) groups excluding carboxylic acids is 1. The number of hydrogen-bond donors (Lipinski definition) is 1. The third kappa shape index (κ3) is 4.43. The number of thiocarbonyl (C=S) groups is 1. The molecule has 0 bridgehead atoms. The van der Waals surface area contributed by atoms with Gasteiger partial charge in [-0.05, 0) is 62.0 Å². The summed E-state index contributed by atoms with van der Waals surface area (Å²) >= 11 is 5.70. The molecule has 1 aliphatic rings. The van der Waals surface area contributed by atoms with Gasteiger partial charge in [-0.1, -0.05) is 12.1 Å². The highest BCUT2D eigenvalue weighted by Gasteiger charge is 2.41. The first kappa shape index (κ1) is 22.8. The van der Waals surface area contributed by atoms with Gasteiger partial charge in [0.05, 0.1) is 38.4 Å². The second-order valence-electron chi connectivity index (χ2n) is 8.01. The summed E-state index contributed by atoms with van der Waals surface area (Å²) in [7, 11) is 3.07. The van der Waals surface area contributed by atoms with Crippen molar-refractivity contribution in [2.45, 2.75) is 32.4 Å². The van der Waals surface area contributed by atoms with Crippen molar-refractivity contribution in [3.05, 3.63) is 77.4 Å². The van der Waals surface area contributed by atoms with E-state index in [4.69, 9.17) is 21.7 Å². The van der Waals surface area contributed by atoms with Crippen LogP contribution in [0.2, 0.25) is 0 Å². The minimum absolute atomic E-state index is 0.123. The Bertz CT molecular complexity index is 1160. The second-order valence-corrected chi connectivity index (χ2v) is 8.40. The van der Waals surface area contributed by atoms with Gasteiger partial charge in [0.2, 0.25) is 0 Å². The number of aromatic nitrogens is 2. The van der Waals surface area contributed by atoms with Gasteiger partial charge in [-0.3, -0.25) is 9.78 Å². The molecule has 2 aromatic heterocycles. The quantitative estimate of drug-likeness (QED) is 0.418. The van der Waals surface area contributed by atoms with Gasteiger partial charge in [-0.25, -0.2) is 0 Å². The van der Waals surface area contributed by atoms with E-state index in [0.717, 1.165) is 34.1 Å². The summed E-state index contributed by atoms with van der Waals surface area (Å²) < 4.78 is 12.5. The molecule has 0 radical (unpaired) electrons. The van der Waals surface area contributed by atoms with Gasteiger partial charge in [0.25, 0.3) is 0 Å². The van der Waals surface area contributed by atoms with E-state index < -0.39 is 0 Å². The highest BCUT2D eigenvalue weighted by atomic mass is 32.1. The summed E-state index contributed by atoms with van der Waals surface area (Å²) in [5.74, 6) is 0.538. The highest BCUT2D eigenvalue weighted by molar-refractivity contribution is 7.80. The third-order valence-electron chi connectivity index (χ3n) is 6.08. The van der Waals surface area contributed by atoms with E-state index in [-0.39, 0.29) is 24.5 Å². The van der Waals surface area contributed by atoms with Crippen molar-refractivity contribution in [2.24, 2.45) is 0 Å². The number of carbonyl (C=O) groups is 1. The molecule has 1 aromatic carbocycles. The number of pyridine rings is 1. The summed E-state index contributed by atoms with van der Waals surface area (Å²) in [6, 6.07) is 15.8. The van der Waals surface area contributed by atoms with E-state index >= 15 is 0 Å². The van der Waals surface area contributed by atoms with Crippen molar-refractivity contribution >= 4 is 23.3 Å². The Morgan fingerprint density at radius 3 is 2.67 bits per heavy atom. The summed E-state index contributed by atoms with van der Waals surface area (Å²) in [4.78, 5) is 18.6. The molecule has 3 heterocycles. The smallest absolute Gasteiger partial charge is 0.307 e. The zero-order valence-corrected chi connectivity index (χ0v) is 20.1. The number of methoxy groups -OCH3 is 2. The van der Waals surface area contributed by atoms with Crippen LogP contribution in [0, 0.1) is 13.8 Å². The largest absolute Gasteiger partial charge is 0.497 e. The first-order valence-electron chi connectivity index (χ1n) is 10.8. The third-order valence-corrected chi connectivity index (χ3v) is 6.44. The van der Waals surface area contributed by atoms with Gasteiger partial charge < -0.3 is 24.3 Å². The van der Waals surface area contributed by atoms with Crippen LogP contribution in [0.4, 0.5) is 0 Å². The van der Waals surface area contributed by atoms with E-state index in [0.29, 0.717) is 11.7 Å². The van der Waals surface area contributed by atoms with Gasteiger partial charge in [-0.2, -0.15) is 0 Å². The summed E-state index contributed by atoms with van der Waals surface area (Å²) in [6.45, 7) is 4.65. The first-order chi connectivity index (χ1) is 15.9. The molecule has 4 rings (SSSR count). The van der Waals surface area contributed by atoms with Crippen LogP contribution in [0.25, 0.3) is 5.69 Å². The first-order valence-corrected chi connectivity index (χ1v) is 11.2. The van der Waals surface area contributed by atoms with Crippen LogP contribution in [-0.4, -0.2) is 46.3 Å². The van der Waals surface area contributed by atoms with Gasteiger partial charge in [0.15, 0.2) is 5.11 Å². The number of aryl methyl sites for hydroxylation is 1. The Balaban J connectivity index is 1.79. The molecular formula is C25H28N4O3S. The van der Waals surface area contributed by atoms with Crippen LogP contribution >= 0.6 is 12.2 Å². The molecule has 1 fully saturated rings. The number of hydrogen-bond acceptors (Lipinski definition) is 5. The fourth-order valence-corrected chi connectivity index (χ4v) is 4.86. The van der Waals surface area contributed by atoms with Crippen LogP contribution in [0.15, 0.2) is 54.7 Å². The number of nitrogens with zero attached hydrogens (tertiary/aromatic N) is 3. The number of rotatable bonds is 7. The van der Waals surface area contributed by atoms with Crippen LogP contribution in [0.5, 0.6) is 5.75 Å². The topological polar surface area (TPSA) is 68.6 Å². The van der Waals surface area contributed by atoms with Crippen molar-refractivity contribution in [1.29, 1.82) is 0 Å². The van der Waals surface area contributed by atoms with Gasteiger partial charge in [0.1, 0.15) is 5.75 Å².